The molecule has 0 N–H and O–H groups in total. The number of hydrogen-bond donors (Lipinski definition) is 0. The summed E-state index contributed by atoms with van der Waals surface area (Å²) in [5.41, 5.74) is 3.05. The predicted octanol–water partition coefficient (Wildman–Crippen LogP) is 6.98. The van der Waals surface area contributed by atoms with Crippen molar-refractivity contribution < 1.29 is 4.74 Å². The second kappa shape index (κ2) is 7.66. The summed E-state index contributed by atoms with van der Waals surface area (Å²) in [5.74, 6) is 1.85. The fraction of sp³-hybridized carbons (Fsp3) is 0.462. The van der Waals surface area contributed by atoms with E-state index in [4.69, 9.17) is 4.74 Å². The van der Waals surface area contributed by atoms with Gasteiger partial charge in [-0.3, -0.25) is 0 Å². The molecule has 1 saturated carbocycles. The summed E-state index contributed by atoms with van der Waals surface area (Å²) in [7, 11) is 0. The van der Waals surface area contributed by atoms with Crippen LogP contribution >= 0.6 is 0 Å². The molecule has 3 aromatic rings. The molecule has 28 heavy (non-hydrogen) atoms. The zero-order valence-electron chi connectivity index (χ0n) is 17.7. The molecule has 0 radical (unpaired) electrons. The zero-order valence-corrected chi connectivity index (χ0v) is 17.7. The van der Waals surface area contributed by atoms with Gasteiger partial charge >= 0.3 is 0 Å². The highest BCUT2D eigenvalue weighted by atomic mass is 16.5. The molecule has 0 atom stereocenters. The SMILES string of the molecule is Cc1cc(OC2CCC(C(C)(C)C)CC2)cc2ccc(Cn3cccc3)cc12. The summed E-state index contributed by atoms with van der Waals surface area (Å²) in [6.07, 6.45) is 9.50. The van der Waals surface area contributed by atoms with Crippen LogP contribution in [0.3, 0.4) is 0 Å². The smallest absolute Gasteiger partial charge is 0.120 e. The highest BCUT2D eigenvalue weighted by Gasteiger charge is 2.30. The minimum atomic E-state index is 0.364. The van der Waals surface area contributed by atoms with E-state index in [0.717, 1.165) is 18.2 Å². The van der Waals surface area contributed by atoms with Crippen LogP contribution in [0.25, 0.3) is 10.8 Å². The van der Waals surface area contributed by atoms with Gasteiger partial charge in [-0.25, -0.2) is 0 Å². The first-order valence-electron chi connectivity index (χ1n) is 10.7. The molecule has 0 aliphatic heterocycles. The van der Waals surface area contributed by atoms with Crippen molar-refractivity contribution in [2.75, 3.05) is 0 Å². The van der Waals surface area contributed by atoms with E-state index >= 15 is 0 Å². The molecule has 1 aliphatic rings. The van der Waals surface area contributed by atoms with Crippen LogP contribution in [0.4, 0.5) is 0 Å². The third-order valence-corrected chi connectivity index (χ3v) is 6.43. The number of rotatable bonds is 4. The first kappa shape index (κ1) is 19.1. The van der Waals surface area contributed by atoms with Crippen molar-refractivity contribution in [1.82, 2.24) is 4.57 Å². The summed E-state index contributed by atoms with van der Waals surface area (Å²) in [4.78, 5) is 0. The van der Waals surface area contributed by atoms with E-state index in [9.17, 15) is 0 Å². The van der Waals surface area contributed by atoms with E-state index in [-0.39, 0.29) is 0 Å². The van der Waals surface area contributed by atoms with Gasteiger partial charge < -0.3 is 9.30 Å². The molecule has 2 aromatic carbocycles. The van der Waals surface area contributed by atoms with Gasteiger partial charge in [0.15, 0.2) is 0 Å². The molecule has 148 valence electrons. The second-order valence-corrected chi connectivity index (χ2v) is 9.61. The minimum absolute atomic E-state index is 0.364. The van der Waals surface area contributed by atoms with Gasteiger partial charge in [-0.15, -0.1) is 0 Å². The molecule has 1 aliphatic carbocycles. The lowest BCUT2D eigenvalue weighted by Crippen LogP contribution is -2.30. The number of aromatic nitrogens is 1. The highest BCUT2D eigenvalue weighted by molar-refractivity contribution is 5.87. The lowest BCUT2D eigenvalue weighted by atomic mass is 9.72. The third kappa shape index (κ3) is 4.27. The molecule has 2 heteroatoms. The molecular weight excluding hydrogens is 342 g/mol. The number of nitrogens with zero attached hydrogens (tertiary/aromatic N) is 1. The summed E-state index contributed by atoms with van der Waals surface area (Å²) in [6.45, 7) is 10.2. The van der Waals surface area contributed by atoms with Crippen LogP contribution in [0.1, 0.15) is 57.6 Å². The van der Waals surface area contributed by atoms with E-state index in [0.29, 0.717) is 11.5 Å². The van der Waals surface area contributed by atoms with E-state index in [2.05, 4.69) is 87.1 Å². The molecule has 1 aromatic heterocycles. The number of hydrogen-bond acceptors (Lipinski definition) is 1. The maximum atomic E-state index is 6.42. The largest absolute Gasteiger partial charge is 0.490 e. The van der Waals surface area contributed by atoms with Crippen molar-refractivity contribution in [3.05, 3.63) is 66.0 Å². The number of aryl methyl sites for hydroxylation is 1. The summed E-state index contributed by atoms with van der Waals surface area (Å²) >= 11 is 0. The van der Waals surface area contributed by atoms with E-state index < -0.39 is 0 Å². The Labute approximate surface area is 169 Å². The lowest BCUT2D eigenvalue weighted by Gasteiger charge is -2.37. The van der Waals surface area contributed by atoms with Gasteiger partial charge in [-0.1, -0.05) is 32.9 Å². The minimum Gasteiger partial charge on any atom is -0.490 e. The number of benzene rings is 2. The highest BCUT2D eigenvalue weighted by Crippen LogP contribution is 2.39. The molecule has 0 amide bonds. The summed E-state index contributed by atoms with van der Waals surface area (Å²) < 4.78 is 8.63. The van der Waals surface area contributed by atoms with Gasteiger partial charge in [0.1, 0.15) is 5.75 Å². The second-order valence-electron chi connectivity index (χ2n) is 9.61. The topological polar surface area (TPSA) is 14.2 Å². The van der Waals surface area contributed by atoms with Crippen LogP contribution < -0.4 is 4.74 Å². The van der Waals surface area contributed by atoms with Crippen molar-refractivity contribution >= 4 is 10.8 Å². The Kier molecular flexibility index (Phi) is 5.23. The third-order valence-electron chi connectivity index (χ3n) is 6.43. The molecule has 2 nitrogen and oxygen atoms in total. The Hall–Kier alpha value is -2.22. The van der Waals surface area contributed by atoms with Crippen LogP contribution in [-0.2, 0) is 6.54 Å². The fourth-order valence-electron chi connectivity index (χ4n) is 4.65. The Morgan fingerprint density at radius 2 is 1.68 bits per heavy atom. The van der Waals surface area contributed by atoms with Crippen LogP contribution in [0.15, 0.2) is 54.9 Å². The summed E-state index contributed by atoms with van der Waals surface area (Å²) in [6, 6.07) is 15.4. The molecule has 1 fully saturated rings. The number of fused-ring (bicyclic) bond motifs is 1. The van der Waals surface area contributed by atoms with Crippen LogP contribution in [-0.4, -0.2) is 10.7 Å². The number of ether oxygens (including phenoxy) is 1. The van der Waals surface area contributed by atoms with Gasteiger partial charge in [0, 0.05) is 18.9 Å². The standard InChI is InChI=1S/C26H33NO/c1-19-15-24(28-23-11-9-22(10-12-23)26(2,3)4)17-21-8-7-20(16-25(19)21)18-27-13-5-6-14-27/h5-8,13-17,22-23H,9-12,18H2,1-4H3. The van der Waals surface area contributed by atoms with Crippen LogP contribution in [0.2, 0.25) is 0 Å². The Morgan fingerprint density at radius 3 is 2.36 bits per heavy atom. The molecule has 4 rings (SSSR count). The maximum Gasteiger partial charge on any atom is 0.120 e. The molecule has 1 heterocycles. The molecule has 0 saturated heterocycles. The fourth-order valence-corrected chi connectivity index (χ4v) is 4.65. The molecular formula is C26H33NO. The maximum absolute atomic E-state index is 6.42. The lowest BCUT2D eigenvalue weighted by molar-refractivity contribution is 0.0883. The summed E-state index contributed by atoms with van der Waals surface area (Å²) in [5, 5.41) is 2.60. The van der Waals surface area contributed by atoms with Crippen molar-refractivity contribution in [3.8, 4) is 5.75 Å². The Balaban J connectivity index is 1.47. The first-order chi connectivity index (χ1) is 13.4. The van der Waals surface area contributed by atoms with E-state index in [1.807, 2.05) is 0 Å². The quantitative estimate of drug-likeness (QED) is 0.480. The monoisotopic (exact) mass is 375 g/mol. The Morgan fingerprint density at radius 1 is 0.964 bits per heavy atom. The van der Waals surface area contributed by atoms with Gasteiger partial charge in [0.2, 0.25) is 0 Å². The van der Waals surface area contributed by atoms with E-state index in [1.165, 1.54) is 47.6 Å². The van der Waals surface area contributed by atoms with E-state index in [1.54, 1.807) is 0 Å². The van der Waals surface area contributed by atoms with Crippen molar-refractivity contribution in [3.63, 3.8) is 0 Å². The molecule has 0 unspecified atom stereocenters. The predicted molar refractivity (Wildman–Crippen MR) is 118 cm³/mol. The van der Waals surface area contributed by atoms with Gasteiger partial charge in [0.25, 0.3) is 0 Å². The average Bonchev–Trinajstić information content (AvgIpc) is 3.15. The Bertz CT molecular complexity index is 925. The normalized spacial score (nSPS) is 20.4. The van der Waals surface area contributed by atoms with Crippen molar-refractivity contribution in [2.45, 2.75) is 66.0 Å². The van der Waals surface area contributed by atoms with Gasteiger partial charge in [-0.05, 0) is 96.2 Å². The first-order valence-corrected chi connectivity index (χ1v) is 10.7. The zero-order chi connectivity index (χ0) is 19.7. The van der Waals surface area contributed by atoms with Gasteiger partial charge in [-0.2, -0.15) is 0 Å². The average molecular weight is 376 g/mol. The van der Waals surface area contributed by atoms with Crippen LogP contribution in [0.5, 0.6) is 5.75 Å². The van der Waals surface area contributed by atoms with Gasteiger partial charge in [0.05, 0.1) is 6.10 Å². The van der Waals surface area contributed by atoms with Crippen molar-refractivity contribution in [2.24, 2.45) is 11.3 Å². The molecule has 0 spiro atoms. The van der Waals surface area contributed by atoms with Crippen LogP contribution in [0, 0.1) is 18.3 Å². The van der Waals surface area contributed by atoms with Crippen molar-refractivity contribution in [1.29, 1.82) is 0 Å². The molecule has 0 bridgehead atoms.